The summed E-state index contributed by atoms with van der Waals surface area (Å²) in [5, 5.41) is 3.26. The van der Waals surface area contributed by atoms with E-state index in [9.17, 15) is 13.6 Å². The fourth-order valence-corrected chi connectivity index (χ4v) is 2.34. The summed E-state index contributed by atoms with van der Waals surface area (Å²) in [7, 11) is 0. The quantitative estimate of drug-likeness (QED) is 0.867. The van der Waals surface area contributed by atoms with Gasteiger partial charge in [0.1, 0.15) is 0 Å². The normalized spacial score (nSPS) is 16.1. The molecule has 3 N–H and O–H groups in total. The summed E-state index contributed by atoms with van der Waals surface area (Å²) in [6.45, 7) is 2.30. The molecular formula is C14H18F2N2O2. The molecule has 1 heterocycles. The van der Waals surface area contributed by atoms with Gasteiger partial charge in [0.15, 0.2) is 11.6 Å². The lowest BCUT2D eigenvalue weighted by Crippen LogP contribution is -2.28. The Labute approximate surface area is 116 Å². The van der Waals surface area contributed by atoms with Crippen molar-refractivity contribution in [3.63, 3.8) is 0 Å². The van der Waals surface area contributed by atoms with Gasteiger partial charge in [0.25, 0.3) is 5.91 Å². The van der Waals surface area contributed by atoms with Crippen molar-refractivity contribution >= 4 is 5.91 Å². The number of ether oxygens (including phenoxy) is 1. The predicted octanol–water partition coefficient (Wildman–Crippen LogP) is 1.83. The largest absolute Gasteiger partial charge is 0.490 e. The molecule has 0 bridgehead atoms. The minimum atomic E-state index is -1.25. The summed E-state index contributed by atoms with van der Waals surface area (Å²) in [6.07, 6.45) is 2.95. The van der Waals surface area contributed by atoms with Crippen LogP contribution < -0.4 is 15.8 Å². The van der Waals surface area contributed by atoms with E-state index in [1.165, 1.54) is 6.07 Å². The highest BCUT2D eigenvalue weighted by Crippen LogP contribution is 2.23. The molecule has 0 atom stereocenters. The average molecular weight is 284 g/mol. The monoisotopic (exact) mass is 284 g/mol. The summed E-state index contributed by atoms with van der Waals surface area (Å²) in [5.41, 5.74) is 4.47. The van der Waals surface area contributed by atoms with Gasteiger partial charge in [0.05, 0.1) is 12.2 Å². The van der Waals surface area contributed by atoms with Gasteiger partial charge < -0.3 is 15.8 Å². The van der Waals surface area contributed by atoms with E-state index in [1.54, 1.807) is 0 Å². The molecule has 1 aromatic rings. The molecule has 1 aliphatic heterocycles. The highest BCUT2D eigenvalue weighted by atomic mass is 19.2. The van der Waals surface area contributed by atoms with Crippen LogP contribution in [0, 0.1) is 17.6 Å². The predicted molar refractivity (Wildman–Crippen MR) is 70.6 cm³/mol. The lowest BCUT2D eigenvalue weighted by Gasteiger charge is -2.22. The van der Waals surface area contributed by atoms with Crippen molar-refractivity contribution in [3.8, 4) is 5.75 Å². The molecule has 0 aliphatic carbocycles. The minimum Gasteiger partial charge on any atom is -0.490 e. The second-order valence-corrected chi connectivity index (χ2v) is 4.93. The number of carbonyl (C=O) groups is 1. The third kappa shape index (κ3) is 3.45. The molecule has 110 valence electrons. The number of primary amides is 1. The van der Waals surface area contributed by atoms with Crippen LogP contribution in [0.4, 0.5) is 8.78 Å². The number of carbonyl (C=O) groups excluding carboxylic acids is 1. The van der Waals surface area contributed by atoms with Gasteiger partial charge in [-0.25, -0.2) is 4.39 Å². The summed E-state index contributed by atoms with van der Waals surface area (Å²) >= 11 is 0. The molecular weight excluding hydrogens is 266 g/mol. The Bertz CT molecular complexity index is 488. The number of nitrogens with two attached hydrogens (primary N) is 1. The lowest BCUT2D eigenvalue weighted by atomic mass is 9.95. The Morgan fingerprint density at radius 3 is 2.65 bits per heavy atom. The second kappa shape index (κ2) is 6.65. The molecule has 20 heavy (non-hydrogen) atoms. The minimum absolute atomic E-state index is 0.179. The van der Waals surface area contributed by atoms with E-state index >= 15 is 0 Å². The lowest BCUT2D eigenvalue weighted by molar-refractivity contribution is 0.0995. The van der Waals surface area contributed by atoms with Crippen molar-refractivity contribution in [2.45, 2.75) is 19.3 Å². The van der Waals surface area contributed by atoms with Gasteiger partial charge in [-0.05, 0) is 50.4 Å². The Balaban J connectivity index is 1.92. The zero-order valence-electron chi connectivity index (χ0n) is 11.1. The van der Waals surface area contributed by atoms with Crippen LogP contribution in [0.25, 0.3) is 0 Å². The first-order valence-corrected chi connectivity index (χ1v) is 6.71. The molecule has 6 heteroatoms. The number of benzene rings is 1. The zero-order chi connectivity index (χ0) is 14.5. The van der Waals surface area contributed by atoms with E-state index < -0.39 is 23.1 Å². The number of nitrogens with one attached hydrogen (secondary N) is 1. The first kappa shape index (κ1) is 14.7. The number of hydrogen-bond acceptors (Lipinski definition) is 3. The van der Waals surface area contributed by atoms with Crippen LogP contribution in [0.5, 0.6) is 5.75 Å². The van der Waals surface area contributed by atoms with Gasteiger partial charge in [-0.1, -0.05) is 0 Å². The van der Waals surface area contributed by atoms with Crippen molar-refractivity contribution in [2.75, 3.05) is 19.7 Å². The van der Waals surface area contributed by atoms with Crippen LogP contribution in [-0.4, -0.2) is 25.6 Å². The van der Waals surface area contributed by atoms with Crippen LogP contribution in [0.3, 0.4) is 0 Å². The number of rotatable bonds is 5. The Morgan fingerprint density at radius 1 is 1.30 bits per heavy atom. The highest BCUT2D eigenvalue weighted by Gasteiger charge is 2.18. The maximum absolute atomic E-state index is 13.7. The van der Waals surface area contributed by atoms with E-state index in [2.05, 4.69) is 5.32 Å². The van der Waals surface area contributed by atoms with E-state index in [-0.39, 0.29) is 5.75 Å². The molecule has 1 amide bonds. The standard InChI is InChI=1S/C14H18F2N2O2/c15-12-10(14(17)19)1-2-11(13(12)16)20-8-5-9-3-6-18-7-4-9/h1-2,9,18H,3-8H2,(H2,17,19). The molecule has 1 aliphatic rings. The van der Waals surface area contributed by atoms with Gasteiger partial charge in [0, 0.05) is 0 Å². The van der Waals surface area contributed by atoms with Crippen molar-refractivity contribution < 1.29 is 18.3 Å². The number of amides is 1. The number of piperidine rings is 1. The molecule has 1 saturated heterocycles. The summed E-state index contributed by atoms with van der Waals surface area (Å²) in [4.78, 5) is 10.9. The van der Waals surface area contributed by atoms with E-state index in [1.807, 2.05) is 0 Å². The van der Waals surface area contributed by atoms with Crippen LogP contribution in [0.1, 0.15) is 29.6 Å². The van der Waals surface area contributed by atoms with E-state index in [0.717, 1.165) is 38.4 Å². The Kier molecular flexibility index (Phi) is 4.89. The maximum atomic E-state index is 13.7. The SMILES string of the molecule is NC(=O)c1ccc(OCCC2CCNCC2)c(F)c1F. The number of hydrogen-bond donors (Lipinski definition) is 2. The van der Waals surface area contributed by atoms with Crippen molar-refractivity contribution in [1.82, 2.24) is 5.32 Å². The highest BCUT2D eigenvalue weighted by molar-refractivity contribution is 5.93. The van der Waals surface area contributed by atoms with Crippen molar-refractivity contribution in [2.24, 2.45) is 11.7 Å². The molecule has 0 radical (unpaired) electrons. The fraction of sp³-hybridized carbons (Fsp3) is 0.500. The van der Waals surface area contributed by atoms with Crippen molar-refractivity contribution in [1.29, 1.82) is 0 Å². The van der Waals surface area contributed by atoms with E-state index in [4.69, 9.17) is 10.5 Å². The van der Waals surface area contributed by atoms with Crippen LogP contribution >= 0.6 is 0 Å². The van der Waals surface area contributed by atoms with Gasteiger partial charge in [-0.2, -0.15) is 4.39 Å². The Hall–Kier alpha value is -1.69. The number of halogens is 2. The molecule has 1 fully saturated rings. The molecule has 2 rings (SSSR count). The molecule has 0 saturated carbocycles. The third-order valence-corrected chi connectivity index (χ3v) is 3.55. The van der Waals surface area contributed by atoms with Crippen LogP contribution in [0.2, 0.25) is 0 Å². The maximum Gasteiger partial charge on any atom is 0.251 e. The van der Waals surface area contributed by atoms with Gasteiger partial charge in [-0.3, -0.25) is 4.79 Å². The molecule has 4 nitrogen and oxygen atoms in total. The fourth-order valence-electron chi connectivity index (χ4n) is 2.34. The summed E-state index contributed by atoms with van der Waals surface area (Å²) in [6, 6.07) is 2.38. The van der Waals surface area contributed by atoms with Gasteiger partial charge in [0.2, 0.25) is 5.82 Å². The van der Waals surface area contributed by atoms with Crippen molar-refractivity contribution in [3.05, 3.63) is 29.3 Å². The molecule has 0 unspecified atom stereocenters. The summed E-state index contributed by atoms with van der Waals surface area (Å²) in [5.74, 6) is -3.04. The van der Waals surface area contributed by atoms with Gasteiger partial charge in [-0.15, -0.1) is 0 Å². The Morgan fingerprint density at radius 2 is 2.00 bits per heavy atom. The molecule has 1 aromatic carbocycles. The topological polar surface area (TPSA) is 64.4 Å². The first-order valence-electron chi connectivity index (χ1n) is 6.71. The smallest absolute Gasteiger partial charge is 0.251 e. The average Bonchev–Trinajstić information content (AvgIpc) is 2.44. The zero-order valence-corrected chi connectivity index (χ0v) is 11.1. The summed E-state index contributed by atoms with van der Waals surface area (Å²) < 4.78 is 32.5. The molecule has 0 spiro atoms. The van der Waals surface area contributed by atoms with Crippen LogP contribution in [0.15, 0.2) is 12.1 Å². The third-order valence-electron chi connectivity index (χ3n) is 3.55. The second-order valence-electron chi connectivity index (χ2n) is 4.93. The molecule has 0 aromatic heterocycles. The van der Waals surface area contributed by atoms with E-state index in [0.29, 0.717) is 12.5 Å². The van der Waals surface area contributed by atoms with Gasteiger partial charge >= 0.3 is 0 Å². The first-order chi connectivity index (χ1) is 9.59. The van der Waals surface area contributed by atoms with Crippen LogP contribution in [-0.2, 0) is 0 Å².